The van der Waals surface area contributed by atoms with Crippen molar-refractivity contribution in [3.8, 4) is 11.4 Å². The molecule has 16 heavy (non-hydrogen) atoms. The average molecular weight is 274 g/mol. The van der Waals surface area contributed by atoms with Crippen LogP contribution in [0.2, 0.25) is 0 Å². The summed E-state index contributed by atoms with van der Waals surface area (Å²) in [6.45, 7) is 0. The molecule has 0 amide bonds. The molecule has 0 unspecified atom stereocenters. The molecule has 0 saturated heterocycles. The maximum atomic E-state index is 4.44. The molecule has 4 heteroatoms. The number of benzene rings is 1. The lowest BCUT2D eigenvalue weighted by molar-refractivity contribution is 1.30. The highest BCUT2D eigenvalue weighted by atomic mass is 79.9. The van der Waals surface area contributed by atoms with Gasteiger partial charge in [-0.1, -0.05) is 28.1 Å². The normalized spacial score (nSPS) is 10.8. The van der Waals surface area contributed by atoms with E-state index in [0.29, 0.717) is 0 Å². The van der Waals surface area contributed by atoms with Crippen molar-refractivity contribution in [2.75, 3.05) is 0 Å². The van der Waals surface area contributed by atoms with Gasteiger partial charge in [0.15, 0.2) is 5.65 Å². The summed E-state index contributed by atoms with van der Waals surface area (Å²) in [4.78, 5) is 11.9. The van der Waals surface area contributed by atoms with Crippen LogP contribution in [0.3, 0.4) is 0 Å². The molecule has 3 aromatic rings. The first-order valence-electron chi connectivity index (χ1n) is 4.89. The molecule has 78 valence electrons. The van der Waals surface area contributed by atoms with E-state index >= 15 is 0 Å². The van der Waals surface area contributed by atoms with Gasteiger partial charge in [0.1, 0.15) is 5.82 Å². The summed E-state index contributed by atoms with van der Waals surface area (Å²) in [6.07, 6.45) is 1.74. The molecular weight excluding hydrogens is 266 g/mol. The van der Waals surface area contributed by atoms with E-state index in [9.17, 15) is 0 Å². The van der Waals surface area contributed by atoms with Gasteiger partial charge in [-0.2, -0.15) is 0 Å². The Kier molecular flexibility index (Phi) is 2.22. The summed E-state index contributed by atoms with van der Waals surface area (Å²) in [7, 11) is 0. The van der Waals surface area contributed by atoms with Crippen LogP contribution < -0.4 is 0 Å². The number of fused-ring (bicyclic) bond motifs is 1. The number of halogens is 1. The highest BCUT2D eigenvalue weighted by molar-refractivity contribution is 9.10. The number of pyridine rings is 1. The second kappa shape index (κ2) is 3.72. The third-order valence-corrected chi connectivity index (χ3v) is 2.85. The van der Waals surface area contributed by atoms with Gasteiger partial charge in [-0.15, -0.1) is 0 Å². The van der Waals surface area contributed by atoms with E-state index in [2.05, 4.69) is 30.9 Å². The summed E-state index contributed by atoms with van der Waals surface area (Å²) in [5.74, 6) is 0.843. The molecule has 2 aromatic heterocycles. The topological polar surface area (TPSA) is 41.6 Å². The second-order valence-electron chi connectivity index (χ2n) is 3.47. The number of aromatic nitrogens is 3. The highest BCUT2D eigenvalue weighted by Gasteiger charge is 2.05. The van der Waals surface area contributed by atoms with E-state index in [-0.39, 0.29) is 0 Å². The number of rotatable bonds is 1. The monoisotopic (exact) mass is 273 g/mol. The fraction of sp³-hybridized carbons (Fsp3) is 0. The quantitative estimate of drug-likeness (QED) is 0.739. The minimum Gasteiger partial charge on any atom is -0.337 e. The molecule has 0 bridgehead atoms. The van der Waals surface area contributed by atoms with E-state index in [1.54, 1.807) is 6.20 Å². The van der Waals surface area contributed by atoms with Gasteiger partial charge < -0.3 is 4.98 Å². The minimum absolute atomic E-state index is 0.748. The SMILES string of the molecule is Brc1cccc(-c2nc3ncccc3[nH]2)c1. The molecule has 0 aliphatic carbocycles. The maximum Gasteiger partial charge on any atom is 0.178 e. The molecule has 0 spiro atoms. The van der Waals surface area contributed by atoms with Gasteiger partial charge >= 0.3 is 0 Å². The molecule has 0 aliphatic heterocycles. The van der Waals surface area contributed by atoms with Gasteiger partial charge in [-0.3, -0.25) is 0 Å². The largest absolute Gasteiger partial charge is 0.337 e. The molecular formula is C12H8BrN3. The minimum atomic E-state index is 0.748. The third-order valence-electron chi connectivity index (χ3n) is 2.36. The Morgan fingerprint density at radius 2 is 2.06 bits per heavy atom. The molecule has 0 saturated carbocycles. The van der Waals surface area contributed by atoms with Crippen LogP contribution in [0, 0.1) is 0 Å². The first-order valence-corrected chi connectivity index (χ1v) is 5.69. The fourth-order valence-electron chi connectivity index (χ4n) is 1.62. The van der Waals surface area contributed by atoms with Crippen LogP contribution in [-0.4, -0.2) is 15.0 Å². The zero-order chi connectivity index (χ0) is 11.0. The Morgan fingerprint density at radius 1 is 1.12 bits per heavy atom. The number of hydrogen-bond donors (Lipinski definition) is 1. The molecule has 1 aromatic carbocycles. The van der Waals surface area contributed by atoms with Crippen LogP contribution in [0.1, 0.15) is 0 Å². The third kappa shape index (κ3) is 1.61. The number of aromatic amines is 1. The van der Waals surface area contributed by atoms with E-state index in [0.717, 1.165) is 27.0 Å². The zero-order valence-electron chi connectivity index (χ0n) is 8.31. The first-order chi connectivity index (χ1) is 7.83. The van der Waals surface area contributed by atoms with Crippen molar-refractivity contribution in [1.29, 1.82) is 0 Å². The maximum absolute atomic E-state index is 4.44. The van der Waals surface area contributed by atoms with Gasteiger partial charge in [0, 0.05) is 16.2 Å². The molecule has 1 N–H and O–H groups in total. The Balaban J connectivity index is 2.19. The summed E-state index contributed by atoms with van der Waals surface area (Å²) in [5.41, 5.74) is 2.75. The first kappa shape index (κ1) is 9.54. The van der Waals surface area contributed by atoms with E-state index in [4.69, 9.17) is 0 Å². The van der Waals surface area contributed by atoms with Crippen molar-refractivity contribution in [2.45, 2.75) is 0 Å². The lowest BCUT2D eigenvalue weighted by atomic mass is 10.2. The molecule has 0 fully saturated rings. The van der Waals surface area contributed by atoms with Gasteiger partial charge in [0.25, 0.3) is 0 Å². The van der Waals surface area contributed by atoms with Crippen molar-refractivity contribution in [2.24, 2.45) is 0 Å². The molecule has 0 radical (unpaired) electrons. The number of H-pyrrole nitrogens is 1. The Labute approximate surface area is 101 Å². The lowest BCUT2D eigenvalue weighted by Crippen LogP contribution is -1.79. The van der Waals surface area contributed by atoms with Crippen molar-refractivity contribution in [1.82, 2.24) is 15.0 Å². The van der Waals surface area contributed by atoms with Gasteiger partial charge in [-0.05, 0) is 24.3 Å². The van der Waals surface area contributed by atoms with Crippen LogP contribution in [0.25, 0.3) is 22.6 Å². The Morgan fingerprint density at radius 3 is 2.88 bits per heavy atom. The fourth-order valence-corrected chi connectivity index (χ4v) is 2.02. The van der Waals surface area contributed by atoms with Crippen LogP contribution in [-0.2, 0) is 0 Å². The number of nitrogens with zero attached hydrogens (tertiary/aromatic N) is 2. The van der Waals surface area contributed by atoms with Crippen molar-refractivity contribution in [3.63, 3.8) is 0 Å². The molecule has 0 atom stereocenters. The van der Waals surface area contributed by atoms with Crippen molar-refractivity contribution in [3.05, 3.63) is 47.1 Å². The summed E-state index contributed by atoms with van der Waals surface area (Å²) in [6, 6.07) is 11.9. The average Bonchev–Trinajstić information content (AvgIpc) is 2.72. The van der Waals surface area contributed by atoms with Crippen molar-refractivity contribution < 1.29 is 0 Å². The Bertz CT molecular complexity index is 612. The second-order valence-corrected chi connectivity index (χ2v) is 4.39. The van der Waals surface area contributed by atoms with E-state index in [1.807, 2.05) is 36.4 Å². The van der Waals surface area contributed by atoms with Crippen LogP contribution in [0.5, 0.6) is 0 Å². The van der Waals surface area contributed by atoms with Crippen LogP contribution >= 0.6 is 15.9 Å². The molecule has 0 aliphatic rings. The predicted molar refractivity (Wildman–Crippen MR) is 67.0 cm³/mol. The highest BCUT2D eigenvalue weighted by Crippen LogP contribution is 2.22. The standard InChI is InChI=1S/C12H8BrN3/c13-9-4-1-3-8(7-9)11-15-10-5-2-6-14-12(10)16-11/h1-7H,(H,14,15,16). The Hall–Kier alpha value is -1.68. The van der Waals surface area contributed by atoms with Gasteiger partial charge in [-0.25, -0.2) is 9.97 Å². The van der Waals surface area contributed by atoms with E-state index < -0.39 is 0 Å². The summed E-state index contributed by atoms with van der Waals surface area (Å²) in [5, 5.41) is 0. The number of imidazole rings is 1. The van der Waals surface area contributed by atoms with E-state index in [1.165, 1.54) is 0 Å². The van der Waals surface area contributed by atoms with Crippen molar-refractivity contribution >= 4 is 27.1 Å². The van der Waals surface area contributed by atoms with Gasteiger partial charge in [0.05, 0.1) is 5.52 Å². The predicted octanol–water partition coefficient (Wildman–Crippen LogP) is 3.39. The summed E-state index contributed by atoms with van der Waals surface area (Å²) >= 11 is 3.45. The van der Waals surface area contributed by atoms with Crippen LogP contribution in [0.4, 0.5) is 0 Å². The number of hydrogen-bond acceptors (Lipinski definition) is 2. The molecule has 3 rings (SSSR count). The van der Waals surface area contributed by atoms with Crippen LogP contribution in [0.15, 0.2) is 47.1 Å². The summed E-state index contributed by atoms with van der Waals surface area (Å²) < 4.78 is 1.04. The molecule has 2 heterocycles. The smallest absolute Gasteiger partial charge is 0.178 e. The lowest BCUT2D eigenvalue weighted by Gasteiger charge is -1.96. The number of nitrogens with one attached hydrogen (secondary N) is 1. The molecule has 3 nitrogen and oxygen atoms in total. The zero-order valence-corrected chi connectivity index (χ0v) is 9.90. The van der Waals surface area contributed by atoms with Gasteiger partial charge in [0.2, 0.25) is 0 Å².